The molecule has 0 fully saturated rings. The Morgan fingerprint density at radius 2 is 1.71 bits per heavy atom. The van der Waals surface area contributed by atoms with E-state index in [9.17, 15) is 0 Å². The van der Waals surface area contributed by atoms with Crippen LogP contribution in [0.15, 0.2) is 47.2 Å². The van der Waals surface area contributed by atoms with Gasteiger partial charge in [-0.2, -0.15) is 0 Å². The van der Waals surface area contributed by atoms with Crippen molar-refractivity contribution in [2.24, 2.45) is 0 Å². The molecule has 3 aromatic rings. The number of halogens is 1. The van der Waals surface area contributed by atoms with Gasteiger partial charge in [0.15, 0.2) is 0 Å². The first-order valence-corrected chi connectivity index (χ1v) is 7.91. The van der Waals surface area contributed by atoms with Gasteiger partial charge in [-0.15, -0.1) is 0 Å². The smallest absolute Gasteiger partial charge is 0.145 e. The predicted octanol–water partition coefficient (Wildman–Crippen LogP) is 5.37. The van der Waals surface area contributed by atoms with Crippen molar-refractivity contribution in [3.8, 4) is 11.4 Å². The maximum absolute atomic E-state index is 4.69. The van der Waals surface area contributed by atoms with Crippen LogP contribution in [0.3, 0.4) is 0 Å². The Bertz CT molecular complexity index is 792. The number of pyridine rings is 1. The van der Waals surface area contributed by atoms with Gasteiger partial charge in [0.25, 0.3) is 0 Å². The Kier molecular flexibility index (Phi) is 3.40. The van der Waals surface area contributed by atoms with Gasteiger partial charge < -0.3 is 0 Å². The summed E-state index contributed by atoms with van der Waals surface area (Å²) in [5.74, 6) is 0.973. The number of benzene rings is 1. The first kappa shape index (κ1) is 14.3. The van der Waals surface area contributed by atoms with Crippen LogP contribution in [0, 0.1) is 6.92 Å². The van der Waals surface area contributed by atoms with E-state index >= 15 is 0 Å². The Morgan fingerprint density at radius 3 is 2.33 bits per heavy atom. The fourth-order valence-electron chi connectivity index (χ4n) is 2.58. The lowest BCUT2D eigenvalue weighted by molar-refractivity contribution is 0.590. The van der Waals surface area contributed by atoms with Gasteiger partial charge in [0, 0.05) is 11.8 Å². The minimum absolute atomic E-state index is 0.171. The third-order valence-corrected chi connectivity index (χ3v) is 4.39. The molecule has 0 saturated carbocycles. The number of rotatable bonds is 1. The van der Waals surface area contributed by atoms with Crippen LogP contribution in [-0.2, 0) is 5.41 Å². The van der Waals surface area contributed by atoms with Gasteiger partial charge in [-0.05, 0) is 45.5 Å². The maximum Gasteiger partial charge on any atom is 0.145 e. The maximum atomic E-state index is 4.69. The summed E-state index contributed by atoms with van der Waals surface area (Å²) in [5.41, 5.74) is 4.99. The van der Waals surface area contributed by atoms with E-state index in [1.807, 2.05) is 0 Å². The fraction of sp³-hybridized carbons (Fsp3) is 0.278. The highest BCUT2D eigenvalue weighted by Crippen LogP contribution is 2.30. The van der Waals surface area contributed by atoms with Crippen LogP contribution in [-0.4, -0.2) is 9.38 Å². The summed E-state index contributed by atoms with van der Waals surface area (Å²) in [6, 6.07) is 12.9. The molecule has 3 rings (SSSR count). The van der Waals surface area contributed by atoms with Gasteiger partial charge in [-0.1, -0.05) is 51.1 Å². The third-order valence-electron chi connectivity index (χ3n) is 3.83. The van der Waals surface area contributed by atoms with Crippen molar-refractivity contribution in [3.05, 3.63) is 58.3 Å². The van der Waals surface area contributed by atoms with Crippen molar-refractivity contribution in [2.45, 2.75) is 33.1 Å². The molecule has 3 heteroatoms. The zero-order valence-electron chi connectivity index (χ0n) is 12.8. The highest BCUT2D eigenvalue weighted by molar-refractivity contribution is 9.10. The van der Waals surface area contributed by atoms with Crippen LogP contribution in [0.25, 0.3) is 16.9 Å². The topological polar surface area (TPSA) is 17.3 Å². The summed E-state index contributed by atoms with van der Waals surface area (Å²) >= 11 is 3.58. The lowest BCUT2D eigenvalue weighted by Crippen LogP contribution is -2.10. The molecule has 0 N–H and O–H groups in total. The van der Waals surface area contributed by atoms with Gasteiger partial charge in [0.05, 0.1) is 5.52 Å². The minimum atomic E-state index is 0.171. The molecule has 0 spiro atoms. The Balaban J connectivity index is 2.15. The number of aromatic nitrogens is 2. The first-order valence-electron chi connectivity index (χ1n) is 7.12. The van der Waals surface area contributed by atoms with Gasteiger partial charge >= 0.3 is 0 Å². The number of hydrogen-bond acceptors (Lipinski definition) is 1. The van der Waals surface area contributed by atoms with Crippen LogP contribution in [0.4, 0.5) is 0 Å². The Morgan fingerprint density at radius 1 is 1.05 bits per heavy atom. The largest absolute Gasteiger partial charge is 0.298 e. The second kappa shape index (κ2) is 4.99. The average molecular weight is 343 g/mol. The van der Waals surface area contributed by atoms with Gasteiger partial charge in [0.2, 0.25) is 0 Å². The zero-order chi connectivity index (χ0) is 15.2. The molecule has 0 aliphatic carbocycles. The Hall–Kier alpha value is -1.61. The van der Waals surface area contributed by atoms with Gasteiger partial charge in [-0.25, -0.2) is 4.98 Å². The SMILES string of the molecule is Cc1cccn2c(-c3ccc(C(C)(C)C)cc3)nc(Br)c12. The number of imidazole rings is 1. The quantitative estimate of drug-likeness (QED) is 0.581. The van der Waals surface area contributed by atoms with Crippen molar-refractivity contribution >= 4 is 21.4 Å². The van der Waals surface area contributed by atoms with Crippen molar-refractivity contribution in [1.82, 2.24) is 9.38 Å². The standard InChI is InChI=1S/C18H19BrN2/c1-12-6-5-11-21-15(12)16(19)20-17(21)13-7-9-14(10-8-13)18(2,3)4/h5-11H,1-4H3. The predicted molar refractivity (Wildman–Crippen MR) is 91.8 cm³/mol. The summed E-state index contributed by atoms with van der Waals surface area (Å²) in [6.45, 7) is 8.79. The van der Waals surface area contributed by atoms with E-state index in [-0.39, 0.29) is 5.41 Å². The molecular weight excluding hydrogens is 324 g/mol. The van der Waals surface area contributed by atoms with Crippen LogP contribution in [0.2, 0.25) is 0 Å². The molecule has 2 heterocycles. The number of aryl methyl sites for hydroxylation is 1. The minimum Gasteiger partial charge on any atom is -0.298 e. The highest BCUT2D eigenvalue weighted by Gasteiger charge is 2.15. The Labute approximate surface area is 134 Å². The van der Waals surface area contributed by atoms with E-state index in [0.29, 0.717) is 0 Å². The molecule has 1 aromatic carbocycles. The molecule has 0 amide bonds. The lowest BCUT2D eigenvalue weighted by atomic mass is 9.87. The van der Waals surface area contributed by atoms with E-state index in [0.717, 1.165) is 21.5 Å². The molecule has 2 nitrogen and oxygen atoms in total. The van der Waals surface area contributed by atoms with Crippen molar-refractivity contribution < 1.29 is 0 Å². The van der Waals surface area contributed by atoms with E-state index < -0.39 is 0 Å². The molecule has 21 heavy (non-hydrogen) atoms. The van der Waals surface area contributed by atoms with Crippen LogP contribution >= 0.6 is 15.9 Å². The molecule has 2 aromatic heterocycles. The van der Waals surface area contributed by atoms with Crippen molar-refractivity contribution in [3.63, 3.8) is 0 Å². The summed E-state index contributed by atoms with van der Waals surface area (Å²) in [4.78, 5) is 4.69. The molecule has 0 bridgehead atoms. The summed E-state index contributed by atoms with van der Waals surface area (Å²) in [6.07, 6.45) is 2.06. The first-order chi connectivity index (χ1) is 9.88. The zero-order valence-corrected chi connectivity index (χ0v) is 14.4. The van der Waals surface area contributed by atoms with Crippen LogP contribution in [0.5, 0.6) is 0 Å². The number of fused-ring (bicyclic) bond motifs is 1. The number of nitrogens with zero attached hydrogens (tertiary/aromatic N) is 2. The van der Waals surface area contributed by atoms with E-state index in [4.69, 9.17) is 4.98 Å². The molecule has 0 saturated heterocycles. The van der Waals surface area contributed by atoms with Gasteiger partial charge in [-0.3, -0.25) is 4.40 Å². The monoisotopic (exact) mass is 342 g/mol. The summed E-state index contributed by atoms with van der Waals surface area (Å²) < 4.78 is 3.04. The molecule has 0 aliphatic heterocycles. The summed E-state index contributed by atoms with van der Waals surface area (Å²) in [7, 11) is 0. The van der Waals surface area contributed by atoms with Crippen molar-refractivity contribution in [1.29, 1.82) is 0 Å². The van der Waals surface area contributed by atoms with E-state index in [1.54, 1.807) is 0 Å². The molecule has 0 aliphatic rings. The second-order valence-corrected chi connectivity index (χ2v) is 7.21. The lowest BCUT2D eigenvalue weighted by Gasteiger charge is -2.19. The van der Waals surface area contributed by atoms with Crippen LogP contribution in [0.1, 0.15) is 31.9 Å². The molecule has 0 atom stereocenters. The molecule has 0 radical (unpaired) electrons. The second-order valence-electron chi connectivity index (χ2n) is 6.46. The highest BCUT2D eigenvalue weighted by atomic mass is 79.9. The average Bonchev–Trinajstić information content (AvgIpc) is 2.77. The van der Waals surface area contributed by atoms with Crippen LogP contribution < -0.4 is 0 Å². The molecule has 108 valence electrons. The molecular formula is C18H19BrN2. The van der Waals surface area contributed by atoms with E-state index in [1.165, 1.54) is 11.1 Å². The van der Waals surface area contributed by atoms with Crippen molar-refractivity contribution in [2.75, 3.05) is 0 Å². The summed E-state index contributed by atoms with van der Waals surface area (Å²) in [5, 5.41) is 0. The van der Waals surface area contributed by atoms with E-state index in [2.05, 4.69) is 90.6 Å². The third kappa shape index (κ3) is 2.51. The fourth-order valence-corrected chi connectivity index (χ4v) is 3.25. The van der Waals surface area contributed by atoms with Gasteiger partial charge in [0.1, 0.15) is 10.4 Å². The molecule has 0 unspecified atom stereocenters. The number of hydrogen-bond donors (Lipinski definition) is 0. The normalized spacial score (nSPS) is 12.0.